The van der Waals surface area contributed by atoms with Crippen LogP contribution in [0.5, 0.6) is 11.8 Å². The summed E-state index contributed by atoms with van der Waals surface area (Å²) in [4.78, 5) is 14.1. The highest BCUT2D eigenvalue weighted by Gasteiger charge is 2.49. The van der Waals surface area contributed by atoms with E-state index in [1.165, 1.54) is 31.0 Å². The van der Waals surface area contributed by atoms with Gasteiger partial charge < -0.3 is 20.1 Å². The zero-order valence-corrected chi connectivity index (χ0v) is 23.6. The Balaban J connectivity index is 1.16. The van der Waals surface area contributed by atoms with E-state index in [1.807, 2.05) is 4.90 Å². The summed E-state index contributed by atoms with van der Waals surface area (Å²) in [5.41, 5.74) is 3.11. The molecule has 2 aromatic carbocycles. The van der Waals surface area contributed by atoms with Crippen molar-refractivity contribution in [3.8, 4) is 11.8 Å². The molecule has 222 valence electrons. The first-order chi connectivity index (χ1) is 20.3. The van der Waals surface area contributed by atoms with Crippen molar-refractivity contribution in [3.05, 3.63) is 52.9 Å². The Morgan fingerprint density at radius 1 is 1.10 bits per heavy atom. The number of phenolic OH excluding ortho intramolecular Hbond substituents is 1. The Morgan fingerprint density at radius 2 is 1.93 bits per heavy atom. The summed E-state index contributed by atoms with van der Waals surface area (Å²) in [7, 11) is 0. The van der Waals surface area contributed by atoms with Crippen LogP contribution in [0.3, 0.4) is 0 Å². The Kier molecular flexibility index (Phi) is 6.30. The van der Waals surface area contributed by atoms with E-state index < -0.39 is 17.8 Å². The van der Waals surface area contributed by atoms with E-state index >= 15 is 4.39 Å². The monoisotopic (exact) mass is 579 g/mol. The third kappa shape index (κ3) is 4.40. The Bertz CT molecular complexity index is 1540. The normalized spacial score (nSPS) is 30.6. The van der Waals surface area contributed by atoms with Crippen LogP contribution in [0.4, 0.5) is 18.9 Å². The van der Waals surface area contributed by atoms with E-state index in [0.717, 1.165) is 55.2 Å². The fourth-order valence-corrected chi connectivity index (χ4v) is 8.58. The largest absolute Gasteiger partial charge is 0.508 e. The first-order valence-corrected chi connectivity index (χ1v) is 15.4. The van der Waals surface area contributed by atoms with Crippen LogP contribution < -0.4 is 15.0 Å². The third-order valence-corrected chi connectivity index (χ3v) is 10.5. The lowest BCUT2D eigenvalue weighted by atomic mass is 9.85. The topological polar surface area (TPSA) is 73.8 Å². The van der Waals surface area contributed by atoms with Crippen molar-refractivity contribution in [2.75, 3.05) is 31.1 Å². The zero-order valence-electron chi connectivity index (χ0n) is 23.6. The van der Waals surface area contributed by atoms with Crippen LogP contribution in [0.15, 0.2) is 24.3 Å². The van der Waals surface area contributed by atoms with E-state index in [2.05, 4.69) is 10.2 Å². The van der Waals surface area contributed by atoms with Crippen LogP contribution >= 0.6 is 0 Å². The molecule has 2 unspecified atom stereocenters. The molecule has 3 aromatic rings. The van der Waals surface area contributed by atoms with Gasteiger partial charge in [0, 0.05) is 49.0 Å². The molecule has 4 atom stereocenters. The van der Waals surface area contributed by atoms with Gasteiger partial charge in [0.2, 0.25) is 0 Å². The van der Waals surface area contributed by atoms with E-state index in [1.54, 1.807) is 0 Å². The number of aromatic nitrogens is 2. The molecule has 2 N–H and O–H groups in total. The lowest BCUT2D eigenvalue weighted by Gasteiger charge is -2.35. The van der Waals surface area contributed by atoms with Gasteiger partial charge >= 0.3 is 6.01 Å². The minimum absolute atomic E-state index is 0.00464. The average molecular weight is 580 g/mol. The number of aromatic hydroxyl groups is 1. The minimum Gasteiger partial charge on any atom is -0.508 e. The Hall–Kier alpha value is -3.11. The van der Waals surface area contributed by atoms with Crippen LogP contribution in [0.1, 0.15) is 67.8 Å². The summed E-state index contributed by atoms with van der Waals surface area (Å²) in [6.07, 6.45) is 6.63. The quantitative estimate of drug-likeness (QED) is 0.434. The number of halogens is 3. The summed E-state index contributed by atoms with van der Waals surface area (Å²) in [6.45, 7) is 2.63. The molecule has 0 amide bonds. The highest BCUT2D eigenvalue weighted by atomic mass is 19.2. The molecule has 10 heteroatoms. The van der Waals surface area contributed by atoms with E-state index in [0.29, 0.717) is 74.2 Å². The maximum absolute atomic E-state index is 15.1. The summed E-state index contributed by atoms with van der Waals surface area (Å²) >= 11 is 0. The number of benzene rings is 2. The first kappa shape index (κ1) is 26.5. The van der Waals surface area contributed by atoms with Crippen LogP contribution in [0.25, 0.3) is 10.8 Å². The minimum atomic E-state index is -0.922. The van der Waals surface area contributed by atoms with Crippen molar-refractivity contribution in [1.82, 2.24) is 20.2 Å². The van der Waals surface area contributed by atoms with Crippen LogP contribution in [-0.4, -0.2) is 70.0 Å². The Morgan fingerprint density at radius 3 is 2.76 bits per heavy atom. The van der Waals surface area contributed by atoms with Crippen molar-refractivity contribution in [2.24, 2.45) is 0 Å². The number of alkyl halides is 1. The predicted molar refractivity (Wildman–Crippen MR) is 153 cm³/mol. The second-order valence-electron chi connectivity index (χ2n) is 13.1. The Labute approximate surface area is 243 Å². The van der Waals surface area contributed by atoms with Gasteiger partial charge in [0.05, 0.1) is 29.2 Å². The van der Waals surface area contributed by atoms with Crippen molar-refractivity contribution in [1.29, 1.82) is 0 Å². The molecule has 2 bridgehead atoms. The lowest BCUT2D eigenvalue weighted by molar-refractivity contribution is 0.106. The van der Waals surface area contributed by atoms with Gasteiger partial charge in [-0.3, -0.25) is 4.90 Å². The van der Waals surface area contributed by atoms with E-state index in [9.17, 15) is 13.9 Å². The van der Waals surface area contributed by atoms with Gasteiger partial charge in [-0.2, -0.15) is 9.97 Å². The van der Waals surface area contributed by atoms with Crippen molar-refractivity contribution >= 4 is 16.5 Å². The smallest absolute Gasteiger partial charge is 0.316 e. The van der Waals surface area contributed by atoms with Gasteiger partial charge in [0.1, 0.15) is 18.5 Å². The van der Waals surface area contributed by atoms with Gasteiger partial charge in [0.15, 0.2) is 11.6 Å². The number of nitrogens with one attached hydrogen (secondary N) is 1. The maximum atomic E-state index is 15.1. The van der Waals surface area contributed by atoms with E-state index in [-0.39, 0.29) is 16.7 Å². The molecule has 6 heterocycles. The molecule has 5 aliphatic rings. The predicted octanol–water partition coefficient (Wildman–Crippen LogP) is 5.13. The highest BCUT2D eigenvalue weighted by Crippen LogP contribution is 2.43. The van der Waals surface area contributed by atoms with Gasteiger partial charge in [-0.05, 0) is 74.6 Å². The number of nitrogens with zero attached hydrogens (tertiary/aromatic N) is 4. The molecular weight excluding hydrogens is 543 g/mol. The fourth-order valence-electron chi connectivity index (χ4n) is 8.58. The molecule has 5 aliphatic heterocycles. The first-order valence-electron chi connectivity index (χ1n) is 15.4. The highest BCUT2D eigenvalue weighted by molar-refractivity contribution is 5.96. The fraction of sp³-hybridized carbons (Fsp3) is 0.562. The molecular formula is C32H36F3N5O2. The molecule has 7 nitrogen and oxygen atoms in total. The van der Waals surface area contributed by atoms with Crippen molar-refractivity contribution < 1.29 is 23.0 Å². The average Bonchev–Trinajstić information content (AvgIpc) is 3.63. The molecule has 0 saturated carbocycles. The number of phenols is 1. The second-order valence-corrected chi connectivity index (χ2v) is 13.1. The zero-order chi connectivity index (χ0) is 28.6. The number of hydrogen-bond acceptors (Lipinski definition) is 7. The molecule has 42 heavy (non-hydrogen) atoms. The van der Waals surface area contributed by atoms with Gasteiger partial charge in [-0.15, -0.1) is 0 Å². The van der Waals surface area contributed by atoms with Crippen molar-refractivity contribution in [3.63, 3.8) is 0 Å². The number of fused-ring (bicyclic) bond motifs is 5. The summed E-state index contributed by atoms with van der Waals surface area (Å²) in [5, 5.41) is 14.8. The van der Waals surface area contributed by atoms with Crippen LogP contribution in [0, 0.1) is 11.6 Å². The number of anilines is 1. The standard InChI is InChI=1S/C32H36F3N5O2/c33-20-14-32(7-1-8-40(32)15-20)17-42-31-37-26-16-39(27-13-23(41)12-18-2-5-25(34)29(35)28(18)27)9-6-24(26)30(38-31)19-10-21-3-4-22(11-19)36-21/h2,5,12-13,19-22,36,41H,1,3-4,6-11,14-17H2/t19?,20-,21?,22?,32+/m1/s1. The third-order valence-electron chi connectivity index (χ3n) is 10.5. The number of piperidine rings is 1. The summed E-state index contributed by atoms with van der Waals surface area (Å²) in [6, 6.07) is 6.83. The molecule has 0 radical (unpaired) electrons. The lowest BCUT2D eigenvalue weighted by Crippen LogP contribution is -2.43. The van der Waals surface area contributed by atoms with Gasteiger partial charge in [-0.1, -0.05) is 6.07 Å². The van der Waals surface area contributed by atoms with E-state index in [4.69, 9.17) is 14.7 Å². The SMILES string of the molecule is Oc1cc(N2CCc3c(nc(OC[C@@]45CCCN4C[C@H](F)C5)nc3C3CC4CCC(C3)N4)C2)c2c(F)c(F)ccc2c1. The molecule has 0 spiro atoms. The summed E-state index contributed by atoms with van der Waals surface area (Å²) < 4.78 is 50.2. The summed E-state index contributed by atoms with van der Waals surface area (Å²) in [5.74, 6) is -1.55. The molecule has 4 fully saturated rings. The van der Waals surface area contributed by atoms with Crippen LogP contribution in [-0.2, 0) is 13.0 Å². The van der Waals surface area contributed by atoms with Crippen molar-refractivity contribution in [2.45, 2.75) is 87.6 Å². The number of hydrogen-bond donors (Lipinski definition) is 2. The number of rotatable bonds is 5. The molecule has 0 aliphatic carbocycles. The van der Waals surface area contributed by atoms with Gasteiger partial charge in [-0.25, -0.2) is 13.2 Å². The second kappa shape index (κ2) is 9.98. The maximum Gasteiger partial charge on any atom is 0.316 e. The molecule has 8 rings (SSSR count). The van der Waals surface area contributed by atoms with Crippen LogP contribution in [0.2, 0.25) is 0 Å². The molecule has 4 saturated heterocycles. The number of ether oxygens (including phenoxy) is 1. The van der Waals surface area contributed by atoms with Gasteiger partial charge in [0.25, 0.3) is 0 Å². The molecule has 1 aromatic heterocycles.